The summed E-state index contributed by atoms with van der Waals surface area (Å²) in [5.74, 6) is 0.0158. The van der Waals surface area contributed by atoms with Gasteiger partial charge in [-0.15, -0.1) is 6.58 Å². The first-order valence-electron chi connectivity index (χ1n) is 8.94. The zero-order valence-corrected chi connectivity index (χ0v) is 17.0. The van der Waals surface area contributed by atoms with Gasteiger partial charge in [-0.3, -0.25) is 4.79 Å². The van der Waals surface area contributed by atoms with Crippen molar-refractivity contribution in [3.63, 3.8) is 0 Å². The Bertz CT molecular complexity index is 1030. The SMILES string of the molecule is C=CCN1C(=S)NC(c2ccccc2C(F)(F)F)C(C(=O)Nc2cc(C)on2)=C1C. The smallest absolute Gasteiger partial charge is 0.360 e. The average molecular weight is 436 g/mol. The van der Waals surface area contributed by atoms with E-state index in [1.165, 1.54) is 24.3 Å². The number of benzene rings is 1. The zero-order chi connectivity index (χ0) is 22.1. The number of nitrogens with one attached hydrogen (secondary N) is 2. The Morgan fingerprint density at radius 1 is 1.40 bits per heavy atom. The van der Waals surface area contributed by atoms with E-state index in [9.17, 15) is 18.0 Å². The van der Waals surface area contributed by atoms with Crippen LogP contribution >= 0.6 is 12.2 Å². The average Bonchev–Trinajstić information content (AvgIpc) is 3.08. The molecule has 1 atom stereocenters. The van der Waals surface area contributed by atoms with Crippen molar-refractivity contribution in [1.82, 2.24) is 15.4 Å². The van der Waals surface area contributed by atoms with Crippen LogP contribution in [-0.4, -0.2) is 27.6 Å². The standard InChI is InChI=1S/C20H19F3N4O2S/c1-4-9-27-12(3)16(18(28)24-15-10-11(2)29-26-15)17(25-19(27)30)13-7-5-6-8-14(13)20(21,22)23/h4-8,10,17H,1,9H2,2-3H3,(H,25,30)(H,24,26,28). The van der Waals surface area contributed by atoms with E-state index in [1.807, 2.05) is 0 Å². The van der Waals surface area contributed by atoms with Gasteiger partial charge in [-0.25, -0.2) is 0 Å². The molecule has 0 aliphatic carbocycles. The molecule has 2 heterocycles. The van der Waals surface area contributed by atoms with E-state index in [2.05, 4.69) is 22.4 Å². The molecule has 0 bridgehead atoms. The third-order valence-corrected chi connectivity index (χ3v) is 4.94. The van der Waals surface area contributed by atoms with Crippen LogP contribution in [0.2, 0.25) is 0 Å². The quantitative estimate of drug-likeness (QED) is 0.537. The molecule has 3 rings (SSSR count). The molecule has 1 amide bonds. The van der Waals surface area contributed by atoms with Gasteiger partial charge in [-0.1, -0.05) is 29.4 Å². The Morgan fingerprint density at radius 3 is 2.70 bits per heavy atom. The molecular formula is C20H19F3N4O2S. The summed E-state index contributed by atoms with van der Waals surface area (Å²) in [7, 11) is 0. The molecule has 0 spiro atoms. The second-order valence-corrected chi connectivity index (χ2v) is 7.03. The monoisotopic (exact) mass is 436 g/mol. The number of carbonyl (C=O) groups is 1. The number of hydrogen-bond donors (Lipinski definition) is 2. The summed E-state index contributed by atoms with van der Waals surface area (Å²) >= 11 is 5.35. The number of amides is 1. The number of thiocarbonyl (C=S) groups is 1. The molecule has 6 nitrogen and oxygen atoms in total. The molecule has 0 radical (unpaired) electrons. The van der Waals surface area contributed by atoms with Crippen molar-refractivity contribution in [2.24, 2.45) is 0 Å². The third kappa shape index (κ3) is 4.23. The molecular weight excluding hydrogens is 417 g/mol. The Labute approximate surface area is 176 Å². The van der Waals surface area contributed by atoms with E-state index in [-0.39, 0.29) is 28.6 Å². The van der Waals surface area contributed by atoms with E-state index in [0.29, 0.717) is 11.5 Å². The Kier molecular flexibility index (Phi) is 5.97. The van der Waals surface area contributed by atoms with Crippen LogP contribution in [-0.2, 0) is 11.0 Å². The Balaban J connectivity index is 2.12. The minimum absolute atomic E-state index is 0.0859. The topological polar surface area (TPSA) is 70.4 Å². The number of anilines is 1. The molecule has 0 saturated carbocycles. The summed E-state index contributed by atoms with van der Waals surface area (Å²) in [5, 5.41) is 9.37. The van der Waals surface area contributed by atoms with E-state index >= 15 is 0 Å². The Hall–Kier alpha value is -3.14. The maximum atomic E-state index is 13.6. The van der Waals surface area contributed by atoms with Crippen molar-refractivity contribution >= 4 is 29.1 Å². The molecule has 2 aromatic rings. The van der Waals surface area contributed by atoms with Gasteiger partial charge in [0, 0.05) is 18.3 Å². The predicted octanol–water partition coefficient (Wildman–Crippen LogP) is 4.33. The van der Waals surface area contributed by atoms with Crippen LogP contribution < -0.4 is 10.6 Å². The van der Waals surface area contributed by atoms with Gasteiger partial charge in [-0.2, -0.15) is 13.2 Å². The number of aromatic nitrogens is 1. The van der Waals surface area contributed by atoms with Crippen molar-refractivity contribution in [2.75, 3.05) is 11.9 Å². The highest BCUT2D eigenvalue weighted by atomic mass is 32.1. The number of rotatable bonds is 5. The first-order valence-corrected chi connectivity index (χ1v) is 9.34. The summed E-state index contributed by atoms with van der Waals surface area (Å²) < 4.78 is 45.9. The van der Waals surface area contributed by atoms with Crippen LogP contribution in [0.4, 0.5) is 19.0 Å². The molecule has 30 heavy (non-hydrogen) atoms. The number of aryl methyl sites for hydroxylation is 1. The summed E-state index contributed by atoms with van der Waals surface area (Å²) in [6.07, 6.45) is -3.02. The minimum Gasteiger partial charge on any atom is -0.360 e. The molecule has 2 N–H and O–H groups in total. The largest absolute Gasteiger partial charge is 0.416 e. The van der Waals surface area contributed by atoms with Gasteiger partial charge in [-0.05, 0) is 37.7 Å². The van der Waals surface area contributed by atoms with Crippen LogP contribution in [0.1, 0.15) is 29.9 Å². The molecule has 1 unspecified atom stereocenters. The molecule has 0 saturated heterocycles. The molecule has 0 fully saturated rings. The lowest BCUT2D eigenvalue weighted by atomic mass is 9.90. The summed E-state index contributed by atoms with van der Waals surface area (Å²) in [6, 6.07) is 5.48. The van der Waals surface area contributed by atoms with Crippen LogP contribution in [0.15, 0.2) is 58.8 Å². The molecule has 1 aromatic carbocycles. The maximum Gasteiger partial charge on any atom is 0.416 e. The number of nitrogens with zero attached hydrogens (tertiary/aromatic N) is 2. The lowest BCUT2D eigenvalue weighted by Crippen LogP contribution is -2.48. The van der Waals surface area contributed by atoms with Crippen LogP contribution in [0.25, 0.3) is 0 Å². The van der Waals surface area contributed by atoms with Crippen LogP contribution in [0.5, 0.6) is 0 Å². The third-order valence-electron chi connectivity index (χ3n) is 4.60. The fourth-order valence-electron chi connectivity index (χ4n) is 3.27. The van der Waals surface area contributed by atoms with Crippen molar-refractivity contribution in [2.45, 2.75) is 26.1 Å². The highest BCUT2D eigenvalue weighted by Gasteiger charge is 2.40. The van der Waals surface area contributed by atoms with Gasteiger partial charge in [0.15, 0.2) is 10.9 Å². The second kappa shape index (κ2) is 8.31. The first-order chi connectivity index (χ1) is 14.1. The molecule has 1 aliphatic rings. The van der Waals surface area contributed by atoms with E-state index in [0.717, 1.165) is 6.07 Å². The Morgan fingerprint density at radius 2 is 2.10 bits per heavy atom. The fraction of sp³-hybridized carbons (Fsp3) is 0.250. The lowest BCUT2D eigenvalue weighted by Gasteiger charge is -2.38. The van der Waals surface area contributed by atoms with Crippen LogP contribution in [0, 0.1) is 6.92 Å². The minimum atomic E-state index is -4.60. The van der Waals surface area contributed by atoms with Crippen molar-refractivity contribution in [1.29, 1.82) is 0 Å². The highest BCUT2D eigenvalue weighted by Crippen LogP contribution is 2.39. The van der Waals surface area contributed by atoms with Gasteiger partial charge < -0.3 is 20.1 Å². The molecule has 1 aliphatic heterocycles. The lowest BCUT2D eigenvalue weighted by molar-refractivity contribution is -0.138. The normalized spacial score (nSPS) is 17.0. The number of allylic oxidation sites excluding steroid dienone is 1. The predicted molar refractivity (Wildman–Crippen MR) is 109 cm³/mol. The molecule has 10 heteroatoms. The van der Waals surface area contributed by atoms with Crippen molar-refractivity contribution < 1.29 is 22.5 Å². The van der Waals surface area contributed by atoms with E-state index in [1.54, 1.807) is 24.8 Å². The summed E-state index contributed by atoms with van der Waals surface area (Å²) in [6.45, 7) is 7.23. The van der Waals surface area contributed by atoms with E-state index in [4.69, 9.17) is 16.7 Å². The van der Waals surface area contributed by atoms with Gasteiger partial charge in [0.05, 0.1) is 17.2 Å². The maximum absolute atomic E-state index is 13.6. The van der Waals surface area contributed by atoms with Gasteiger partial charge in [0.2, 0.25) is 0 Å². The van der Waals surface area contributed by atoms with Gasteiger partial charge >= 0.3 is 6.18 Å². The fourth-order valence-corrected chi connectivity index (χ4v) is 3.60. The first kappa shape index (κ1) is 21.6. The molecule has 158 valence electrons. The summed E-state index contributed by atoms with van der Waals surface area (Å²) in [4.78, 5) is 14.7. The van der Waals surface area contributed by atoms with E-state index < -0.39 is 23.7 Å². The van der Waals surface area contributed by atoms with Gasteiger partial charge in [0.1, 0.15) is 5.76 Å². The number of carbonyl (C=O) groups excluding carboxylic acids is 1. The summed E-state index contributed by atoms with van der Waals surface area (Å²) in [5.41, 5.74) is -0.453. The number of hydrogen-bond acceptors (Lipinski definition) is 4. The zero-order valence-electron chi connectivity index (χ0n) is 16.2. The van der Waals surface area contributed by atoms with Gasteiger partial charge in [0.25, 0.3) is 5.91 Å². The van der Waals surface area contributed by atoms with Crippen molar-refractivity contribution in [3.05, 3.63) is 71.1 Å². The highest BCUT2D eigenvalue weighted by molar-refractivity contribution is 7.80. The van der Waals surface area contributed by atoms with Crippen molar-refractivity contribution in [3.8, 4) is 0 Å². The second-order valence-electron chi connectivity index (χ2n) is 6.64. The molecule has 1 aromatic heterocycles. The number of alkyl halides is 3. The number of halogens is 3. The van der Waals surface area contributed by atoms with Crippen LogP contribution in [0.3, 0.4) is 0 Å².